The van der Waals surface area contributed by atoms with Gasteiger partial charge in [-0.25, -0.2) is 9.37 Å². The number of rotatable bonds is 1. The maximum absolute atomic E-state index is 12.5. The molecule has 0 amide bonds. The minimum atomic E-state index is -0.783. The second-order valence-corrected chi connectivity index (χ2v) is 2.42. The number of pyridine rings is 1. The van der Waals surface area contributed by atoms with E-state index in [1.165, 1.54) is 6.29 Å². The summed E-state index contributed by atoms with van der Waals surface area (Å²) < 4.78 is 12.5. The van der Waals surface area contributed by atoms with Gasteiger partial charge in [0.25, 0.3) is 0 Å². The standard InChI is InChI=1S/C6HCl2FNO/c7-5-3(2-11)1-4(9)6(8)10-5/h1H. The third-order valence-electron chi connectivity index (χ3n) is 0.997. The van der Waals surface area contributed by atoms with Crippen LogP contribution in [0.15, 0.2) is 6.07 Å². The third kappa shape index (κ3) is 1.67. The number of hydrogen-bond acceptors (Lipinski definition) is 2. The van der Waals surface area contributed by atoms with Gasteiger partial charge in [0, 0.05) is 0 Å². The first-order valence-corrected chi connectivity index (χ1v) is 3.30. The molecule has 0 aliphatic heterocycles. The molecule has 1 heterocycles. The summed E-state index contributed by atoms with van der Waals surface area (Å²) in [7, 11) is 0. The van der Waals surface area contributed by atoms with Gasteiger partial charge in [-0.05, 0) is 6.07 Å². The van der Waals surface area contributed by atoms with Crippen molar-refractivity contribution in [3.05, 3.63) is 27.8 Å². The molecule has 2 nitrogen and oxygen atoms in total. The van der Waals surface area contributed by atoms with Gasteiger partial charge < -0.3 is 0 Å². The fraction of sp³-hybridized carbons (Fsp3) is 0. The lowest BCUT2D eigenvalue weighted by Gasteiger charge is -1.95. The zero-order chi connectivity index (χ0) is 8.43. The maximum Gasteiger partial charge on any atom is 0.236 e. The van der Waals surface area contributed by atoms with Crippen LogP contribution in [0.3, 0.4) is 0 Å². The molecule has 0 aromatic carbocycles. The molecular formula is C6HCl2FNO. The minimum Gasteiger partial charge on any atom is -0.285 e. The molecule has 0 fully saturated rings. The Labute approximate surface area is 71.9 Å². The molecule has 0 spiro atoms. The molecule has 1 aromatic heterocycles. The Morgan fingerprint density at radius 2 is 2.09 bits per heavy atom. The number of halogens is 3. The first kappa shape index (κ1) is 8.43. The molecule has 0 bridgehead atoms. The zero-order valence-electron chi connectivity index (χ0n) is 5.07. The molecule has 11 heavy (non-hydrogen) atoms. The van der Waals surface area contributed by atoms with Crippen molar-refractivity contribution in [1.29, 1.82) is 0 Å². The molecule has 57 valence electrons. The predicted molar refractivity (Wildman–Crippen MR) is 39.0 cm³/mol. The first-order chi connectivity index (χ1) is 5.15. The number of aromatic nitrogens is 1. The number of carbonyl (C=O) groups excluding carboxylic acids is 1. The van der Waals surface area contributed by atoms with Crippen LogP contribution in [0.2, 0.25) is 10.3 Å². The van der Waals surface area contributed by atoms with Gasteiger partial charge in [-0.3, -0.25) is 4.79 Å². The lowest BCUT2D eigenvalue weighted by Crippen LogP contribution is -1.90. The van der Waals surface area contributed by atoms with Crippen LogP contribution >= 0.6 is 23.2 Å². The highest BCUT2D eigenvalue weighted by Crippen LogP contribution is 2.18. The lowest BCUT2D eigenvalue weighted by atomic mass is 10.3. The van der Waals surface area contributed by atoms with Crippen LogP contribution in [0.5, 0.6) is 0 Å². The van der Waals surface area contributed by atoms with E-state index in [9.17, 15) is 9.18 Å². The van der Waals surface area contributed by atoms with E-state index in [0.717, 1.165) is 6.07 Å². The van der Waals surface area contributed by atoms with E-state index in [2.05, 4.69) is 4.98 Å². The fourth-order valence-corrected chi connectivity index (χ4v) is 0.877. The van der Waals surface area contributed by atoms with Crippen molar-refractivity contribution in [2.75, 3.05) is 0 Å². The van der Waals surface area contributed by atoms with Crippen molar-refractivity contribution in [3.8, 4) is 0 Å². The van der Waals surface area contributed by atoms with E-state index >= 15 is 0 Å². The highest BCUT2D eigenvalue weighted by atomic mass is 35.5. The van der Waals surface area contributed by atoms with E-state index in [-0.39, 0.29) is 15.9 Å². The molecular weight excluding hydrogens is 192 g/mol. The predicted octanol–water partition coefficient (Wildman–Crippen LogP) is 1.99. The fourth-order valence-electron chi connectivity index (χ4n) is 0.517. The molecule has 0 N–H and O–H groups in total. The smallest absolute Gasteiger partial charge is 0.236 e. The summed E-state index contributed by atoms with van der Waals surface area (Å²) in [5.41, 5.74) is -0.131. The molecule has 0 saturated carbocycles. The van der Waals surface area contributed by atoms with E-state index < -0.39 is 5.82 Å². The second-order valence-electron chi connectivity index (χ2n) is 1.70. The van der Waals surface area contributed by atoms with Gasteiger partial charge in [-0.2, -0.15) is 0 Å². The van der Waals surface area contributed by atoms with E-state index in [1.807, 2.05) is 0 Å². The largest absolute Gasteiger partial charge is 0.285 e. The topological polar surface area (TPSA) is 30.0 Å². The Balaban J connectivity index is 3.31. The van der Waals surface area contributed by atoms with E-state index in [4.69, 9.17) is 23.2 Å². The van der Waals surface area contributed by atoms with Crippen LogP contribution in [-0.4, -0.2) is 11.3 Å². The Morgan fingerprint density at radius 1 is 1.45 bits per heavy atom. The SMILES string of the molecule is O=[C]c1cc(F)c(Cl)nc1Cl. The van der Waals surface area contributed by atoms with Crippen molar-refractivity contribution in [1.82, 2.24) is 4.98 Å². The molecule has 0 unspecified atom stereocenters. The summed E-state index contributed by atoms with van der Waals surface area (Å²) in [6.45, 7) is 0. The first-order valence-electron chi connectivity index (χ1n) is 2.55. The quantitative estimate of drug-likeness (QED) is 0.638. The average Bonchev–Trinajstić information content (AvgIpc) is 1.97. The van der Waals surface area contributed by atoms with Crippen LogP contribution in [0, 0.1) is 5.82 Å². The summed E-state index contributed by atoms with van der Waals surface area (Å²) in [6, 6.07) is 0.880. The van der Waals surface area contributed by atoms with E-state index in [0.29, 0.717) is 0 Å². The lowest BCUT2D eigenvalue weighted by molar-refractivity contribution is 0.561. The van der Waals surface area contributed by atoms with Crippen LogP contribution in [0.4, 0.5) is 4.39 Å². The Hall–Kier alpha value is -0.670. The number of hydrogen-bond donors (Lipinski definition) is 0. The average molecular weight is 193 g/mol. The monoisotopic (exact) mass is 192 g/mol. The third-order valence-corrected chi connectivity index (χ3v) is 1.55. The molecule has 1 radical (unpaired) electrons. The Morgan fingerprint density at radius 3 is 2.64 bits per heavy atom. The molecule has 0 atom stereocenters. The van der Waals surface area contributed by atoms with Crippen LogP contribution in [0.1, 0.15) is 5.56 Å². The molecule has 1 aromatic rings. The summed E-state index contributed by atoms with van der Waals surface area (Å²) in [4.78, 5) is 13.4. The van der Waals surface area contributed by atoms with Gasteiger partial charge in [0.2, 0.25) is 6.29 Å². The van der Waals surface area contributed by atoms with Crippen molar-refractivity contribution < 1.29 is 9.18 Å². The summed E-state index contributed by atoms with van der Waals surface area (Å²) in [5.74, 6) is -0.783. The Kier molecular flexibility index (Phi) is 2.42. The summed E-state index contributed by atoms with van der Waals surface area (Å²) >= 11 is 10.6. The zero-order valence-corrected chi connectivity index (χ0v) is 6.58. The molecule has 5 heteroatoms. The number of nitrogens with zero attached hydrogens (tertiary/aromatic N) is 1. The van der Waals surface area contributed by atoms with Gasteiger partial charge in [-0.15, -0.1) is 0 Å². The molecule has 0 aliphatic carbocycles. The van der Waals surface area contributed by atoms with Gasteiger partial charge in [0.05, 0.1) is 5.56 Å². The normalized spacial score (nSPS) is 9.73. The van der Waals surface area contributed by atoms with Gasteiger partial charge in [0.15, 0.2) is 11.0 Å². The van der Waals surface area contributed by atoms with Crippen molar-refractivity contribution in [2.24, 2.45) is 0 Å². The van der Waals surface area contributed by atoms with Crippen LogP contribution in [0.25, 0.3) is 0 Å². The van der Waals surface area contributed by atoms with Crippen molar-refractivity contribution in [2.45, 2.75) is 0 Å². The van der Waals surface area contributed by atoms with Gasteiger partial charge >= 0.3 is 0 Å². The minimum absolute atomic E-state index is 0.131. The van der Waals surface area contributed by atoms with Crippen molar-refractivity contribution >= 4 is 29.5 Å². The highest BCUT2D eigenvalue weighted by Gasteiger charge is 2.07. The molecule has 0 saturated heterocycles. The van der Waals surface area contributed by atoms with Gasteiger partial charge in [-0.1, -0.05) is 23.2 Å². The molecule has 0 aliphatic rings. The van der Waals surface area contributed by atoms with Crippen LogP contribution < -0.4 is 0 Å². The van der Waals surface area contributed by atoms with E-state index in [1.54, 1.807) is 0 Å². The summed E-state index contributed by atoms with van der Waals surface area (Å²) in [6.07, 6.45) is 1.42. The maximum atomic E-state index is 12.5. The van der Waals surface area contributed by atoms with Crippen molar-refractivity contribution in [3.63, 3.8) is 0 Å². The molecule has 1 rings (SSSR count). The summed E-state index contributed by atoms with van der Waals surface area (Å²) in [5, 5.41) is -0.500. The van der Waals surface area contributed by atoms with Crippen LogP contribution in [-0.2, 0) is 4.79 Å². The van der Waals surface area contributed by atoms with Gasteiger partial charge in [0.1, 0.15) is 5.15 Å². The highest BCUT2D eigenvalue weighted by molar-refractivity contribution is 6.34. The Bertz CT molecular complexity index is 303. The second kappa shape index (κ2) is 3.15.